The number of amides is 1. The first kappa shape index (κ1) is 12.2. The van der Waals surface area contributed by atoms with Crippen LogP contribution >= 0.6 is 0 Å². The lowest BCUT2D eigenvalue weighted by Crippen LogP contribution is -2.17. The molecule has 0 saturated carbocycles. The maximum Gasteiger partial charge on any atom is 0.257 e. The van der Waals surface area contributed by atoms with Gasteiger partial charge in [-0.1, -0.05) is 0 Å². The fourth-order valence-corrected chi connectivity index (χ4v) is 1.72. The molecule has 0 aliphatic heterocycles. The van der Waals surface area contributed by atoms with Gasteiger partial charge in [0.05, 0.1) is 19.7 Å². The van der Waals surface area contributed by atoms with E-state index in [1.54, 1.807) is 38.4 Å². The number of hydrogen-bond acceptors (Lipinski definition) is 4. The maximum absolute atomic E-state index is 11.5. The van der Waals surface area contributed by atoms with Crippen LogP contribution in [-0.2, 0) is 0 Å². The SMILES string of the molecule is CNC(=O)c1ccc2nc(OC)c(OC)cc2c1. The van der Waals surface area contributed by atoms with Gasteiger partial charge >= 0.3 is 0 Å². The molecule has 0 radical (unpaired) electrons. The summed E-state index contributed by atoms with van der Waals surface area (Å²) < 4.78 is 10.3. The van der Waals surface area contributed by atoms with Gasteiger partial charge in [-0.3, -0.25) is 4.79 Å². The van der Waals surface area contributed by atoms with Crippen LogP contribution in [0.25, 0.3) is 10.9 Å². The summed E-state index contributed by atoms with van der Waals surface area (Å²) in [5, 5.41) is 3.41. The molecular weight excluding hydrogens is 232 g/mol. The van der Waals surface area contributed by atoms with Crippen LogP contribution in [0.2, 0.25) is 0 Å². The minimum Gasteiger partial charge on any atom is -0.491 e. The highest BCUT2D eigenvalue weighted by Crippen LogP contribution is 2.29. The number of nitrogens with one attached hydrogen (secondary N) is 1. The fourth-order valence-electron chi connectivity index (χ4n) is 1.72. The van der Waals surface area contributed by atoms with E-state index in [-0.39, 0.29) is 5.91 Å². The summed E-state index contributed by atoms with van der Waals surface area (Å²) in [4.78, 5) is 15.9. The normalized spacial score (nSPS) is 10.2. The van der Waals surface area contributed by atoms with Crippen molar-refractivity contribution in [3.8, 4) is 11.6 Å². The zero-order valence-electron chi connectivity index (χ0n) is 10.5. The van der Waals surface area contributed by atoms with Crippen molar-refractivity contribution in [2.75, 3.05) is 21.3 Å². The molecule has 5 heteroatoms. The first-order valence-corrected chi connectivity index (χ1v) is 5.44. The van der Waals surface area contributed by atoms with E-state index < -0.39 is 0 Å². The molecule has 0 unspecified atom stereocenters. The Labute approximate surface area is 105 Å². The Hall–Kier alpha value is -2.30. The molecule has 2 rings (SSSR count). The monoisotopic (exact) mass is 246 g/mol. The molecule has 18 heavy (non-hydrogen) atoms. The number of carbonyl (C=O) groups is 1. The predicted octanol–water partition coefficient (Wildman–Crippen LogP) is 1.61. The third-order valence-electron chi connectivity index (χ3n) is 2.65. The lowest BCUT2D eigenvalue weighted by Gasteiger charge is -2.08. The lowest BCUT2D eigenvalue weighted by atomic mass is 10.1. The van der Waals surface area contributed by atoms with Crippen molar-refractivity contribution in [2.24, 2.45) is 0 Å². The second-order valence-corrected chi connectivity index (χ2v) is 3.69. The number of aromatic nitrogens is 1. The Morgan fingerprint density at radius 1 is 1.22 bits per heavy atom. The number of methoxy groups -OCH3 is 2. The third-order valence-corrected chi connectivity index (χ3v) is 2.65. The van der Waals surface area contributed by atoms with E-state index in [4.69, 9.17) is 9.47 Å². The highest BCUT2D eigenvalue weighted by atomic mass is 16.5. The molecule has 1 aromatic heterocycles. The van der Waals surface area contributed by atoms with E-state index in [0.29, 0.717) is 17.2 Å². The van der Waals surface area contributed by atoms with Gasteiger partial charge in [0.1, 0.15) is 0 Å². The largest absolute Gasteiger partial charge is 0.491 e. The van der Waals surface area contributed by atoms with Crippen LogP contribution in [0, 0.1) is 0 Å². The van der Waals surface area contributed by atoms with Crippen molar-refractivity contribution in [1.82, 2.24) is 10.3 Å². The molecule has 1 amide bonds. The van der Waals surface area contributed by atoms with Gasteiger partial charge in [0.15, 0.2) is 5.75 Å². The number of carbonyl (C=O) groups excluding carboxylic acids is 1. The number of fused-ring (bicyclic) bond motifs is 1. The van der Waals surface area contributed by atoms with Crippen LogP contribution in [0.1, 0.15) is 10.4 Å². The number of ether oxygens (including phenoxy) is 2. The van der Waals surface area contributed by atoms with Gasteiger partial charge in [-0.2, -0.15) is 0 Å². The van der Waals surface area contributed by atoms with Crippen molar-refractivity contribution in [3.05, 3.63) is 29.8 Å². The third kappa shape index (κ3) is 2.07. The van der Waals surface area contributed by atoms with E-state index in [2.05, 4.69) is 10.3 Å². The van der Waals surface area contributed by atoms with Crippen molar-refractivity contribution in [3.63, 3.8) is 0 Å². The summed E-state index contributed by atoms with van der Waals surface area (Å²) in [5.74, 6) is 0.837. The molecule has 0 atom stereocenters. The van der Waals surface area contributed by atoms with Crippen molar-refractivity contribution in [2.45, 2.75) is 0 Å². The zero-order chi connectivity index (χ0) is 13.1. The van der Waals surface area contributed by atoms with Gasteiger partial charge < -0.3 is 14.8 Å². The topological polar surface area (TPSA) is 60.5 Å². The predicted molar refractivity (Wildman–Crippen MR) is 68.2 cm³/mol. The van der Waals surface area contributed by atoms with Crippen LogP contribution in [0.15, 0.2) is 24.3 Å². The minimum absolute atomic E-state index is 0.133. The van der Waals surface area contributed by atoms with E-state index >= 15 is 0 Å². The molecule has 2 aromatic rings. The van der Waals surface area contributed by atoms with E-state index in [1.807, 2.05) is 0 Å². The average molecular weight is 246 g/mol. The molecule has 0 fully saturated rings. The van der Waals surface area contributed by atoms with Crippen molar-refractivity contribution >= 4 is 16.8 Å². The van der Waals surface area contributed by atoms with Gasteiger partial charge in [0.2, 0.25) is 0 Å². The smallest absolute Gasteiger partial charge is 0.257 e. The Balaban J connectivity index is 2.59. The molecule has 1 N–H and O–H groups in total. The summed E-state index contributed by atoms with van der Waals surface area (Å²) in [6, 6.07) is 7.07. The Morgan fingerprint density at radius 2 is 2.00 bits per heavy atom. The van der Waals surface area contributed by atoms with Crippen LogP contribution in [0.3, 0.4) is 0 Å². The standard InChI is InChI=1S/C13H14N2O3/c1-14-12(16)8-4-5-10-9(6-8)7-11(17-2)13(15-10)18-3/h4-7H,1-3H3,(H,14,16). The summed E-state index contributed by atoms with van der Waals surface area (Å²) in [7, 11) is 4.68. The van der Waals surface area contributed by atoms with E-state index in [9.17, 15) is 4.79 Å². The molecule has 5 nitrogen and oxygen atoms in total. The van der Waals surface area contributed by atoms with Crippen LogP contribution in [-0.4, -0.2) is 32.2 Å². The van der Waals surface area contributed by atoms with Gasteiger partial charge in [0, 0.05) is 18.0 Å². The molecule has 0 saturated heterocycles. The van der Waals surface area contributed by atoms with Gasteiger partial charge in [-0.05, 0) is 24.3 Å². The molecule has 0 aliphatic rings. The fraction of sp³-hybridized carbons (Fsp3) is 0.231. The van der Waals surface area contributed by atoms with E-state index in [0.717, 1.165) is 10.9 Å². The average Bonchev–Trinajstić information content (AvgIpc) is 2.44. The highest BCUT2D eigenvalue weighted by Gasteiger charge is 2.10. The quantitative estimate of drug-likeness (QED) is 0.893. The molecule has 0 aliphatic carbocycles. The van der Waals surface area contributed by atoms with Gasteiger partial charge in [-0.15, -0.1) is 0 Å². The minimum atomic E-state index is -0.133. The molecule has 1 heterocycles. The number of nitrogens with zero attached hydrogens (tertiary/aromatic N) is 1. The first-order valence-electron chi connectivity index (χ1n) is 5.44. The van der Waals surface area contributed by atoms with Gasteiger partial charge in [0.25, 0.3) is 11.8 Å². The van der Waals surface area contributed by atoms with Crippen LogP contribution < -0.4 is 14.8 Å². The van der Waals surface area contributed by atoms with Gasteiger partial charge in [-0.25, -0.2) is 4.98 Å². The van der Waals surface area contributed by atoms with Crippen LogP contribution in [0.4, 0.5) is 0 Å². The van der Waals surface area contributed by atoms with Crippen molar-refractivity contribution in [1.29, 1.82) is 0 Å². The summed E-state index contributed by atoms with van der Waals surface area (Å²) in [6.07, 6.45) is 0. The molecule has 1 aromatic carbocycles. The summed E-state index contributed by atoms with van der Waals surface area (Å²) in [6.45, 7) is 0. The van der Waals surface area contributed by atoms with Crippen LogP contribution in [0.5, 0.6) is 11.6 Å². The zero-order valence-corrected chi connectivity index (χ0v) is 10.5. The molecule has 0 spiro atoms. The molecular formula is C13H14N2O3. The Bertz CT molecular complexity index is 596. The number of pyridine rings is 1. The van der Waals surface area contributed by atoms with E-state index in [1.165, 1.54) is 7.11 Å². The summed E-state index contributed by atoms with van der Waals surface area (Å²) >= 11 is 0. The Morgan fingerprint density at radius 3 is 2.61 bits per heavy atom. The summed E-state index contributed by atoms with van der Waals surface area (Å²) in [5.41, 5.74) is 1.33. The van der Waals surface area contributed by atoms with Crippen molar-refractivity contribution < 1.29 is 14.3 Å². The number of hydrogen-bond donors (Lipinski definition) is 1. The number of benzene rings is 1. The second kappa shape index (κ2) is 4.91. The lowest BCUT2D eigenvalue weighted by molar-refractivity contribution is 0.0963. The first-order chi connectivity index (χ1) is 8.69. The molecule has 0 bridgehead atoms. The Kier molecular flexibility index (Phi) is 3.32. The second-order valence-electron chi connectivity index (χ2n) is 3.69. The number of rotatable bonds is 3. The highest BCUT2D eigenvalue weighted by molar-refractivity contribution is 5.98. The molecule has 94 valence electrons. The maximum atomic E-state index is 11.5.